The van der Waals surface area contributed by atoms with Crippen LogP contribution >= 0.6 is 0 Å². The lowest BCUT2D eigenvalue weighted by molar-refractivity contribution is -0.384. The molecule has 0 bridgehead atoms. The summed E-state index contributed by atoms with van der Waals surface area (Å²) in [6.07, 6.45) is -0.322. The standard InChI is InChI=1S/C31H34N4O6/c1-20-16-26-27(17-21(20)2)34(23-12-9-13-24(18-23)35(38)39)28(32-26)15-14-25(33-30(37)41-31(3,4)5)29(36)40-19-22-10-7-6-8-11-22/h6-13,16-18,25H,14-15,19H2,1-5H3,(H,33,37)/t25-/m0/s1. The van der Waals surface area contributed by atoms with Gasteiger partial charge in [-0.05, 0) is 75.9 Å². The Balaban J connectivity index is 1.66. The van der Waals surface area contributed by atoms with Crippen molar-refractivity contribution in [2.24, 2.45) is 0 Å². The second kappa shape index (κ2) is 12.2. The number of carbonyl (C=O) groups excluding carboxylic acids is 2. The van der Waals surface area contributed by atoms with Gasteiger partial charge in [0.25, 0.3) is 5.69 Å². The van der Waals surface area contributed by atoms with E-state index in [1.807, 2.05) is 60.9 Å². The summed E-state index contributed by atoms with van der Waals surface area (Å²) in [5, 5.41) is 14.2. The number of ether oxygens (including phenoxy) is 2. The Morgan fingerprint density at radius 1 is 1.02 bits per heavy atom. The number of hydrogen-bond acceptors (Lipinski definition) is 7. The summed E-state index contributed by atoms with van der Waals surface area (Å²) in [7, 11) is 0. The van der Waals surface area contributed by atoms with Crippen LogP contribution in [0, 0.1) is 24.0 Å². The molecular weight excluding hydrogens is 524 g/mol. The molecule has 4 aromatic rings. The lowest BCUT2D eigenvalue weighted by Gasteiger charge is -2.23. The lowest BCUT2D eigenvalue weighted by Crippen LogP contribution is -2.44. The number of aromatic nitrogens is 2. The fourth-order valence-corrected chi connectivity index (χ4v) is 4.39. The quantitative estimate of drug-likeness (QED) is 0.149. The van der Waals surface area contributed by atoms with Crippen molar-refractivity contribution in [1.82, 2.24) is 14.9 Å². The number of non-ortho nitro benzene ring substituents is 1. The van der Waals surface area contributed by atoms with Gasteiger partial charge in [0.05, 0.1) is 21.6 Å². The molecule has 3 aromatic carbocycles. The molecule has 0 aliphatic rings. The van der Waals surface area contributed by atoms with E-state index in [1.54, 1.807) is 32.9 Å². The van der Waals surface area contributed by atoms with Gasteiger partial charge in [0.1, 0.15) is 24.1 Å². The summed E-state index contributed by atoms with van der Waals surface area (Å²) >= 11 is 0. The number of carbonyl (C=O) groups is 2. The van der Waals surface area contributed by atoms with Crippen molar-refractivity contribution in [1.29, 1.82) is 0 Å². The maximum absolute atomic E-state index is 13.2. The number of benzene rings is 3. The van der Waals surface area contributed by atoms with Gasteiger partial charge in [-0.25, -0.2) is 14.6 Å². The molecule has 0 saturated carbocycles. The number of nitrogens with zero attached hydrogens (tertiary/aromatic N) is 3. The van der Waals surface area contributed by atoms with Crippen LogP contribution in [0.25, 0.3) is 16.7 Å². The Bertz CT molecular complexity index is 1570. The molecule has 1 N–H and O–H groups in total. The number of alkyl carbamates (subject to hydrolysis) is 1. The SMILES string of the molecule is Cc1cc2nc(CC[C@H](NC(=O)OC(C)(C)C)C(=O)OCc3ccccc3)n(-c3cccc([N+](=O)[O-])c3)c2cc1C. The number of hydrogen-bond donors (Lipinski definition) is 1. The number of aryl methyl sites for hydroxylation is 3. The van der Waals surface area contributed by atoms with Gasteiger partial charge in [-0.3, -0.25) is 14.7 Å². The van der Waals surface area contributed by atoms with E-state index in [0.29, 0.717) is 11.5 Å². The molecule has 10 heteroatoms. The molecule has 10 nitrogen and oxygen atoms in total. The number of fused-ring (bicyclic) bond motifs is 1. The third kappa shape index (κ3) is 7.47. The van der Waals surface area contributed by atoms with Crippen molar-refractivity contribution in [3.63, 3.8) is 0 Å². The third-order valence-electron chi connectivity index (χ3n) is 6.49. The molecule has 0 saturated heterocycles. The zero-order valence-corrected chi connectivity index (χ0v) is 23.8. The van der Waals surface area contributed by atoms with Crippen LogP contribution in [0.1, 0.15) is 49.7 Å². The molecule has 214 valence electrons. The molecule has 1 atom stereocenters. The highest BCUT2D eigenvalue weighted by molar-refractivity contribution is 5.82. The molecule has 0 spiro atoms. The minimum absolute atomic E-state index is 0.0481. The Kier molecular flexibility index (Phi) is 8.71. The summed E-state index contributed by atoms with van der Waals surface area (Å²) in [6.45, 7) is 9.24. The Hall–Kier alpha value is -4.73. The van der Waals surface area contributed by atoms with E-state index < -0.39 is 28.6 Å². The number of imidazole rings is 1. The van der Waals surface area contributed by atoms with Crippen LogP contribution in [0.2, 0.25) is 0 Å². The number of esters is 1. The summed E-state index contributed by atoms with van der Waals surface area (Å²) in [6, 6.07) is 18.5. The minimum Gasteiger partial charge on any atom is -0.459 e. The maximum atomic E-state index is 13.2. The summed E-state index contributed by atoms with van der Waals surface area (Å²) < 4.78 is 12.8. The Morgan fingerprint density at radius 2 is 1.73 bits per heavy atom. The zero-order valence-electron chi connectivity index (χ0n) is 23.8. The number of nitro benzene ring substituents is 1. The van der Waals surface area contributed by atoms with Gasteiger partial charge in [0, 0.05) is 18.6 Å². The van der Waals surface area contributed by atoms with Crippen LogP contribution in [0.15, 0.2) is 66.7 Å². The number of nitro groups is 1. The second-order valence-electron chi connectivity index (χ2n) is 10.9. The molecule has 0 radical (unpaired) electrons. The van der Waals surface area contributed by atoms with E-state index in [1.165, 1.54) is 12.1 Å². The van der Waals surface area contributed by atoms with E-state index in [0.717, 1.165) is 27.7 Å². The number of rotatable bonds is 9. The lowest BCUT2D eigenvalue weighted by atomic mass is 10.1. The molecule has 1 amide bonds. The first-order valence-electron chi connectivity index (χ1n) is 13.3. The van der Waals surface area contributed by atoms with Gasteiger partial charge >= 0.3 is 12.1 Å². The van der Waals surface area contributed by atoms with E-state index in [4.69, 9.17) is 14.5 Å². The van der Waals surface area contributed by atoms with E-state index in [2.05, 4.69) is 5.32 Å². The van der Waals surface area contributed by atoms with Gasteiger partial charge in [0.2, 0.25) is 0 Å². The topological polar surface area (TPSA) is 126 Å². The summed E-state index contributed by atoms with van der Waals surface area (Å²) in [5.41, 5.74) is 4.19. The summed E-state index contributed by atoms with van der Waals surface area (Å²) in [5.74, 6) is -0.0262. The fourth-order valence-electron chi connectivity index (χ4n) is 4.39. The first kappa shape index (κ1) is 29.3. The van der Waals surface area contributed by atoms with Crippen LogP contribution in [0.3, 0.4) is 0 Å². The minimum atomic E-state index is -1.02. The normalized spacial score (nSPS) is 12.1. The van der Waals surface area contributed by atoms with Gasteiger partial charge < -0.3 is 14.8 Å². The molecule has 1 heterocycles. The number of nitrogens with one attached hydrogen (secondary N) is 1. The number of amides is 1. The average molecular weight is 559 g/mol. The van der Waals surface area contributed by atoms with E-state index >= 15 is 0 Å². The van der Waals surface area contributed by atoms with Crippen LogP contribution in [-0.2, 0) is 27.3 Å². The van der Waals surface area contributed by atoms with Crippen LogP contribution in [0.5, 0.6) is 0 Å². The Labute approximate surface area is 238 Å². The largest absolute Gasteiger partial charge is 0.459 e. The van der Waals surface area contributed by atoms with Gasteiger partial charge in [0.15, 0.2) is 0 Å². The predicted molar refractivity (Wildman–Crippen MR) is 155 cm³/mol. The van der Waals surface area contributed by atoms with Gasteiger partial charge in [-0.1, -0.05) is 36.4 Å². The molecule has 1 aromatic heterocycles. The second-order valence-corrected chi connectivity index (χ2v) is 10.9. The van der Waals surface area contributed by atoms with Crippen molar-refractivity contribution >= 4 is 28.8 Å². The monoisotopic (exact) mass is 558 g/mol. The summed E-state index contributed by atoms with van der Waals surface area (Å²) in [4.78, 5) is 41.7. The molecule has 0 aliphatic heterocycles. The predicted octanol–water partition coefficient (Wildman–Crippen LogP) is 6.12. The van der Waals surface area contributed by atoms with Crippen molar-refractivity contribution < 1.29 is 24.0 Å². The van der Waals surface area contributed by atoms with Crippen molar-refractivity contribution in [2.75, 3.05) is 0 Å². The van der Waals surface area contributed by atoms with Crippen molar-refractivity contribution in [3.8, 4) is 5.69 Å². The van der Waals surface area contributed by atoms with Gasteiger partial charge in [-0.15, -0.1) is 0 Å². The molecular formula is C31H34N4O6. The van der Waals surface area contributed by atoms with E-state index in [9.17, 15) is 19.7 Å². The highest BCUT2D eigenvalue weighted by Gasteiger charge is 2.27. The first-order valence-corrected chi connectivity index (χ1v) is 13.3. The van der Waals surface area contributed by atoms with E-state index in [-0.39, 0.29) is 25.1 Å². The van der Waals surface area contributed by atoms with Gasteiger partial charge in [-0.2, -0.15) is 0 Å². The Morgan fingerprint density at radius 3 is 2.41 bits per heavy atom. The van der Waals surface area contributed by atoms with Crippen LogP contribution in [0.4, 0.5) is 10.5 Å². The van der Waals surface area contributed by atoms with Crippen LogP contribution in [-0.4, -0.2) is 38.2 Å². The zero-order chi connectivity index (χ0) is 29.7. The highest BCUT2D eigenvalue weighted by Crippen LogP contribution is 2.27. The van der Waals surface area contributed by atoms with Crippen LogP contribution < -0.4 is 5.32 Å². The smallest absolute Gasteiger partial charge is 0.408 e. The highest BCUT2D eigenvalue weighted by atomic mass is 16.6. The maximum Gasteiger partial charge on any atom is 0.408 e. The fraction of sp³-hybridized carbons (Fsp3) is 0.323. The van der Waals surface area contributed by atoms with Crippen molar-refractivity contribution in [3.05, 3.63) is 99.4 Å². The molecule has 0 aliphatic carbocycles. The van der Waals surface area contributed by atoms with Crippen molar-refractivity contribution in [2.45, 2.75) is 65.7 Å². The third-order valence-corrected chi connectivity index (χ3v) is 6.49. The molecule has 4 rings (SSSR count). The average Bonchev–Trinajstić information content (AvgIpc) is 3.26. The molecule has 41 heavy (non-hydrogen) atoms. The first-order chi connectivity index (χ1) is 19.4. The molecule has 0 fully saturated rings. The molecule has 0 unspecified atom stereocenters.